The molecular weight excluding hydrogens is 1690 g/mol. The van der Waals surface area contributed by atoms with Crippen molar-refractivity contribution in [3.63, 3.8) is 0 Å². The summed E-state index contributed by atoms with van der Waals surface area (Å²) in [7, 11) is 0. The van der Waals surface area contributed by atoms with Gasteiger partial charge in [-0.2, -0.15) is 0 Å². The number of aryl methyl sites for hydroxylation is 10. The SMILES string of the molecule is [2H]C(C)(C)N1c2cccnc2N(c2c(C)ccc3c2oc2nc(C)ccc23)C1C.[2H]C(C)(C)N1c2cccnc2N(c2c(C)ccc3c2oc2nc(C)ccc23)C1C.[2H]C(C)(C)N1c2ncccc2N(c2c(C)ccc3c2oc2nc(C)ccc23)C1C.[2H]C([2H])([2H])N1c2cccnc2N(c2c(C)ccc3c2oc2nc(C)ccc23)C1C.[2H]C([2H])([2H])N1c2ncccc2N(c2c(C)ccc3c2oc2nc(C)ccc23)C1C. The van der Waals surface area contributed by atoms with Gasteiger partial charge >= 0.3 is 0 Å². The highest BCUT2D eigenvalue weighted by Gasteiger charge is 2.44. The molecule has 0 radical (unpaired) electrons. The van der Waals surface area contributed by atoms with Crippen LogP contribution in [0.3, 0.4) is 0 Å². The molecular formula is C111H112N20O5. The first-order valence-electron chi connectivity index (χ1n) is 50.5. The molecule has 5 atom stereocenters. The molecule has 0 amide bonds. The highest BCUT2D eigenvalue weighted by molar-refractivity contribution is 6.15. The molecule has 5 aliphatic heterocycles. The van der Waals surface area contributed by atoms with Gasteiger partial charge in [-0.3, -0.25) is 0 Å². The summed E-state index contributed by atoms with van der Waals surface area (Å²) in [5.41, 5.74) is 25.6. The summed E-state index contributed by atoms with van der Waals surface area (Å²) in [4.78, 5) is 65.4. The van der Waals surface area contributed by atoms with E-state index < -0.39 is 44.3 Å². The van der Waals surface area contributed by atoms with Gasteiger partial charge in [-0.1, -0.05) is 60.7 Å². The second-order valence-electron chi connectivity index (χ2n) is 36.5. The Balaban J connectivity index is 0.000000107. The Morgan fingerprint density at radius 3 is 0.794 bits per heavy atom. The zero-order valence-electron chi connectivity index (χ0n) is 89.1. The van der Waals surface area contributed by atoms with E-state index >= 15 is 0 Å². The fourth-order valence-corrected chi connectivity index (χ4v) is 20.6. The number of hydrogen-bond acceptors (Lipinski definition) is 25. The van der Waals surface area contributed by atoms with Crippen LogP contribution in [0.25, 0.3) is 110 Å². The molecule has 25 rings (SSSR count). The van der Waals surface area contributed by atoms with Crippen LogP contribution in [-0.4, -0.2) is 113 Å². The van der Waals surface area contributed by atoms with E-state index in [0.29, 0.717) is 57.1 Å². The van der Waals surface area contributed by atoms with Gasteiger partial charge in [0.25, 0.3) is 0 Å². The number of fused-ring (bicyclic) bond motifs is 20. The van der Waals surface area contributed by atoms with Crippen molar-refractivity contribution in [2.24, 2.45) is 0 Å². The molecule has 136 heavy (non-hydrogen) atoms. The number of rotatable bonds is 8. The van der Waals surface area contributed by atoms with E-state index in [0.717, 1.165) is 196 Å². The first-order chi connectivity index (χ1) is 68.8. The van der Waals surface area contributed by atoms with Crippen LogP contribution in [0.1, 0.15) is 145 Å². The molecule has 0 N–H and O–H groups in total. The highest BCUT2D eigenvalue weighted by atomic mass is 16.4. The van der Waals surface area contributed by atoms with E-state index in [-0.39, 0.29) is 18.5 Å². The van der Waals surface area contributed by atoms with Gasteiger partial charge in [0.2, 0.25) is 28.6 Å². The topological polar surface area (TPSA) is 227 Å². The van der Waals surface area contributed by atoms with Crippen LogP contribution in [-0.2, 0) is 0 Å². The van der Waals surface area contributed by atoms with Crippen molar-refractivity contribution in [2.45, 2.75) is 194 Å². The number of nitrogens with zero attached hydrogens (tertiary/aromatic N) is 20. The predicted molar refractivity (Wildman–Crippen MR) is 554 cm³/mol. The normalized spacial score (nSPS) is 18.0. The molecule has 5 aliphatic rings. The fraction of sp³-hybridized carbons (Fsp3) is 0.279. The minimum absolute atomic E-state index is 0.0837. The lowest BCUT2D eigenvalue weighted by Gasteiger charge is -2.33. The van der Waals surface area contributed by atoms with E-state index in [9.17, 15) is 0 Å². The number of anilines is 15. The molecule has 0 fully saturated rings. The Labute approximate surface area is 802 Å². The van der Waals surface area contributed by atoms with Crippen molar-refractivity contribution in [1.29, 1.82) is 0 Å². The number of furan rings is 5. The van der Waals surface area contributed by atoms with E-state index in [1.54, 1.807) is 43.1 Å². The van der Waals surface area contributed by atoms with Crippen LogP contribution >= 0.6 is 0 Å². The van der Waals surface area contributed by atoms with Crippen LogP contribution in [0.4, 0.5) is 86.0 Å². The maximum atomic E-state index is 8.71. The zero-order chi connectivity index (χ0) is 102. The molecule has 0 bridgehead atoms. The number of benzene rings is 5. The monoisotopic (exact) mass is 1810 g/mol. The second-order valence-corrected chi connectivity index (χ2v) is 36.5. The Morgan fingerprint density at radius 1 is 0.250 bits per heavy atom. The van der Waals surface area contributed by atoms with Crippen LogP contribution in [0.15, 0.2) is 235 Å². The summed E-state index contributed by atoms with van der Waals surface area (Å²) >= 11 is 0. The average molecular weight is 1820 g/mol. The standard InChI is InChI=1S/3C23H24N4O.2C21H20N4O/c1-13(2)26-16(5)27(19-7-6-12-24-22(19)26)20-14(3)8-10-17-18-11-9-15(4)25-23(18)28-21(17)20;2*1-13(2)26-16(5)27(22-19(26)7-6-12-24-22)20-14(3)8-10-17-18-11-9-15(4)25-23(18)28-21(17)20;1-12-7-9-15-16-10-8-13(2)23-21(16)26-19(15)18(12)25-14(3)24(4)20-17(25)6-5-11-22-20;1-12-7-9-15-16-10-8-13(2)23-21(16)26-19(15)18(12)25-14(3)24(4)17-6-5-11-22-20(17)25/h3*6-13,16H,1-5H3;2*5-11,14H,1-4H3/i3*13D;2*4D3. The lowest BCUT2D eigenvalue weighted by Crippen LogP contribution is -2.42. The largest absolute Gasteiger partial charge is 0.435 e. The Hall–Kier alpha value is -15.4. The van der Waals surface area contributed by atoms with Gasteiger partial charge in [0.1, 0.15) is 30.8 Å². The van der Waals surface area contributed by atoms with Crippen LogP contribution < -0.4 is 49.0 Å². The molecule has 0 spiro atoms. The second kappa shape index (κ2) is 33.6. The van der Waals surface area contributed by atoms with Gasteiger partial charge in [0.15, 0.2) is 57.0 Å². The van der Waals surface area contributed by atoms with E-state index in [1.165, 1.54) is 9.80 Å². The molecule has 0 saturated carbocycles. The highest BCUT2D eigenvalue weighted by Crippen LogP contribution is 2.55. The molecule has 5 unspecified atom stereocenters. The van der Waals surface area contributed by atoms with Gasteiger partial charge < -0.3 is 71.1 Å². The molecule has 15 aromatic heterocycles. The van der Waals surface area contributed by atoms with Crippen molar-refractivity contribution < 1.29 is 34.4 Å². The molecule has 0 saturated heterocycles. The number of aromatic nitrogens is 10. The molecule has 0 aliphatic carbocycles. The third kappa shape index (κ3) is 14.1. The number of hydrogen-bond donors (Lipinski definition) is 0. The van der Waals surface area contributed by atoms with Crippen molar-refractivity contribution in [3.05, 3.63) is 269 Å². The third-order valence-electron chi connectivity index (χ3n) is 26.8. The Bertz CT molecular complexity index is 7450. The molecule has 25 nitrogen and oxygen atoms in total. The van der Waals surface area contributed by atoms with Crippen LogP contribution in [0.2, 0.25) is 0 Å². The maximum absolute atomic E-state index is 8.71. The Morgan fingerprint density at radius 2 is 0.485 bits per heavy atom. The van der Waals surface area contributed by atoms with E-state index in [2.05, 4.69) is 167 Å². The summed E-state index contributed by atoms with van der Waals surface area (Å²) in [6.07, 6.45) is 7.53. The molecule has 20 heterocycles. The summed E-state index contributed by atoms with van der Waals surface area (Å²) in [6, 6.07) is 57.8. The van der Waals surface area contributed by atoms with Gasteiger partial charge in [-0.15, -0.1) is 0 Å². The Kier molecular flexibility index (Phi) is 19.1. The van der Waals surface area contributed by atoms with E-state index in [1.807, 2.05) is 228 Å². The zero-order valence-corrected chi connectivity index (χ0v) is 80.1. The summed E-state index contributed by atoms with van der Waals surface area (Å²) in [5, 5.41) is 9.96. The first kappa shape index (κ1) is 77.1. The minimum Gasteiger partial charge on any atom is -0.435 e. The summed E-state index contributed by atoms with van der Waals surface area (Å²) in [6.45, 7) is 36.9. The van der Waals surface area contributed by atoms with Crippen LogP contribution in [0.5, 0.6) is 0 Å². The van der Waals surface area contributed by atoms with Gasteiger partial charge in [-0.25, -0.2) is 49.8 Å². The lowest BCUT2D eigenvalue weighted by molar-refractivity contribution is 0.597. The van der Waals surface area contributed by atoms with E-state index in [4.69, 9.17) is 44.4 Å². The third-order valence-corrected chi connectivity index (χ3v) is 26.8. The molecule has 25 heteroatoms. The van der Waals surface area contributed by atoms with Gasteiger partial charge in [-0.05, 0) is 295 Å². The summed E-state index contributed by atoms with van der Waals surface area (Å²) in [5.74, 6) is 3.57. The minimum atomic E-state index is -2.31. The van der Waals surface area contributed by atoms with Gasteiger partial charge in [0.05, 0.1) is 61.0 Å². The molecule has 5 aromatic carbocycles. The maximum Gasteiger partial charge on any atom is 0.227 e. The lowest BCUT2D eigenvalue weighted by atomic mass is 10.1. The number of pyridine rings is 10. The first-order valence-corrected chi connectivity index (χ1v) is 46.0. The predicted octanol–water partition coefficient (Wildman–Crippen LogP) is 27.0. The van der Waals surface area contributed by atoms with Crippen molar-refractivity contribution >= 4 is 196 Å². The quantitative estimate of drug-likeness (QED) is 0.138. The van der Waals surface area contributed by atoms with Crippen molar-refractivity contribution in [3.8, 4) is 0 Å². The van der Waals surface area contributed by atoms with Crippen molar-refractivity contribution in [2.75, 3.05) is 63.0 Å². The van der Waals surface area contributed by atoms with Crippen LogP contribution in [0, 0.1) is 69.2 Å². The van der Waals surface area contributed by atoms with Gasteiger partial charge in [0, 0.05) is 154 Å². The molecule has 686 valence electrons. The van der Waals surface area contributed by atoms with Crippen molar-refractivity contribution in [1.82, 2.24) is 49.8 Å². The smallest absolute Gasteiger partial charge is 0.227 e. The summed E-state index contributed by atoms with van der Waals surface area (Å²) < 4.78 is 106. The average Bonchev–Trinajstić information content (AvgIpc) is 1.58. The molecule has 20 aromatic rings. The fourth-order valence-electron chi connectivity index (χ4n) is 20.6.